The summed E-state index contributed by atoms with van der Waals surface area (Å²) in [5, 5.41) is 1.75. The van der Waals surface area contributed by atoms with Gasteiger partial charge in [-0.25, -0.2) is 13.4 Å². The molecule has 1 saturated heterocycles. The lowest BCUT2D eigenvalue weighted by Crippen LogP contribution is -2.52. The summed E-state index contributed by atoms with van der Waals surface area (Å²) in [5.41, 5.74) is 2.32. The van der Waals surface area contributed by atoms with Gasteiger partial charge in [-0.3, -0.25) is 20.7 Å². The molecule has 5 N–H and O–H groups in total. The molecule has 1 atom stereocenters. The van der Waals surface area contributed by atoms with Crippen LogP contribution in [0.5, 0.6) is 0 Å². The monoisotopic (exact) mass is 299 g/mol. The van der Waals surface area contributed by atoms with Gasteiger partial charge in [0.25, 0.3) is 10.0 Å². The lowest BCUT2D eigenvalue weighted by Gasteiger charge is -2.21. The minimum atomic E-state index is -4.03. The summed E-state index contributed by atoms with van der Waals surface area (Å²) in [6.07, 6.45) is 1.46. The standard InChI is InChI=1S/C10H13N5O4S/c11-14-7-2-1-5-12-10(7)20(18,19)15-6-3-4-8(16)13-9(6)17/h1-2,5-6,14-15H,3-4,11H2,(H,13,16,17). The van der Waals surface area contributed by atoms with Crippen LogP contribution in [0.4, 0.5) is 5.69 Å². The highest BCUT2D eigenvalue weighted by Gasteiger charge is 2.32. The van der Waals surface area contributed by atoms with Crippen LogP contribution >= 0.6 is 0 Å². The lowest BCUT2D eigenvalue weighted by molar-refractivity contribution is -0.134. The summed E-state index contributed by atoms with van der Waals surface area (Å²) in [4.78, 5) is 26.3. The smallest absolute Gasteiger partial charge is 0.260 e. The van der Waals surface area contributed by atoms with E-state index in [4.69, 9.17) is 5.84 Å². The average Bonchev–Trinajstić information content (AvgIpc) is 2.42. The second kappa shape index (κ2) is 5.53. The van der Waals surface area contributed by atoms with E-state index in [0.29, 0.717) is 0 Å². The van der Waals surface area contributed by atoms with Gasteiger partial charge < -0.3 is 5.43 Å². The van der Waals surface area contributed by atoms with Crippen molar-refractivity contribution in [3.8, 4) is 0 Å². The summed E-state index contributed by atoms with van der Waals surface area (Å²) >= 11 is 0. The number of sulfonamides is 1. The molecule has 2 heterocycles. The predicted molar refractivity (Wildman–Crippen MR) is 68.5 cm³/mol. The number of carbonyl (C=O) groups is 2. The highest BCUT2D eigenvalue weighted by molar-refractivity contribution is 7.89. The molecule has 2 rings (SSSR count). The molecular weight excluding hydrogens is 286 g/mol. The molecule has 20 heavy (non-hydrogen) atoms. The third-order valence-corrected chi connectivity index (χ3v) is 4.15. The number of carbonyl (C=O) groups excluding carboxylic acids is 2. The lowest BCUT2D eigenvalue weighted by atomic mass is 10.1. The Balaban J connectivity index is 2.23. The number of nitrogens with one attached hydrogen (secondary N) is 3. The van der Waals surface area contributed by atoms with Crippen LogP contribution in [-0.4, -0.2) is 31.3 Å². The number of imide groups is 1. The second-order valence-electron chi connectivity index (χ2n) is 4.13. The first-order valence-electron chi connectivity index (χ1n) is 5.71. The Morgan fingerprint density at radius 3 is 2.80 bits per heavy atom. The summed E-state index contributed by atoms with van der Waals surface area (Å²) in [6, 6.07) is 1.94. The molecule has 1 aromatic heterocycles. The van der Waals surface area contributed by atoms with E-state index in [-0.39, 0.29) is 23.6 Å². The fraction of sp³-hybridized carbons (Fsp3) is 0.300. The predicted octanol–water partition coefficient (Wildman–Crippen LogP) is -1.55. The number of nitrogens with zero attached hydrogens (tertiary/aromatic N) is 1. The molecule has 0 saturated carbocycles. The number of piperidine rings is 1. The Morgan fingerprint density at radius 1 is 1.40 bits per heavy atom. The fourth-order valence-corrected chi connectivity index (χ4v) is 3.09. The van der Waals surface area contributed by atoms with Gasteiger partial charge in [0.05, 0.1) is 5.69 Å². The Labute approximate surface area is 115 Å². The van der Waals surface area contributed by atoms with Crippen molar-refractivity contribution in [2.45, 2.75) is 23.9 Å². The van der Waals surface area contributed by atoms with E-state index in [9.17, 15) is 18.0 Å². The van der Waals surface area contributed by atoms with Crippen LogP contribution in [0.15, 0.2) is 23.4 Å². The van der Waals surface area contributed by atoms with Crippen LogP contribution in [-0.2, 0) is 19.6 Å². The van der Waals surface area contributed by atoms with Crippen LogP contribution in [0.25, 0.3) is 0 Å². The minimum Gasteiger partial charge on any atom is -0.321 e. The van der Waals surface area contributed by atoms with Crippen LogP contribution < -0.4 is 21.3 Å². The van der Waals surface area contributed by atoms with Gasteiger partial charge in [0, 0.05) is 12.6 Å². The summed E-state index contributed by atoms with van der Waals surface area (Å²) in [5.74, 6) is 4.12. The SMILES string of the molecule is NNc1cccnc1S(=O)(=O)NC1CCC(=O)NC1=O. The minimum absolute atomic E-state index is 0.0726. The third-order valence-electron chi connectivity index (χ3n) is 2.72. The van der Waals surface area contributed by atoms with Crippen molar-refractivity contribution in [1.29, 1.82) is 0 Å². The zero-order chi connectivity index (χ0) is 14.8. The molecule has 1 aliphatic rings. The molecule has 10 heteroatoms. The number of nitrogen functional groups attached to an aromatic ring is 1. The molecule has 108 valence electrons. The number of hydrazine groups is 1. The first kappa shape index (κ1) is 14.4. The molecule has 1 unspecified atom stereocenters. The fourth-order valence-electron chi connectivity index (χ4n) is 1.76. The number of hydrogen-bond acceptors (Lipinski definition) is 7. The van der Waals surface area contributed by atoms with Crippen LogP contribution in [0, 0.1) is 0 Å². The molecular formula is C10H13N5O4S. The van der Waals surface area contributed by atoms with Gasteiger partial charge in [-0.15, -0.1) is 0 Å². The number of hydrogen-bond donors (Lipinski definition) is 4. The largest absolute Gasteiger partial charge is 0.321 e. The molecule has 0 spiro atoms. The summed E-state index contributed by atoms with van der Waals surface area (Å²) in [7, 11) is -4.03. The van der Waals surface area contributed by atoms with E-state index in [1.54, 1.807) is 0 Å². The van der Waals surface area contributed by atoms with Crippen molar-refractivity contribution >= 4 is 27.5 Å². The van der Waals surface area contributed by atoms with Gasteiger partial charge in [0.1, 0.15) is 6.04 Å². The second-order valence-corrected chi connectivity index (χ2v) is 5.75. The molecule has 1 aliphatic heterocycles. The van der Waals surface area contributed by atoms with Crippen molar-refractivity contribution in [2.24, 2.45) is 5.84 Å². The van der Waals surface area contributed by atoms with Crippen molar-refractivity contribution in [3.63, 3.8) is 0 Å². The molecule has 1 aromatic rings. The van der Waals surface area contributed by atoms with Gasteiger partial charge in [0.15, 0.2) is 5.03 Å². The Kier molecular flexibility index (Phi) is 3.97. The molecule has 1 fully saturated rings. The van der Waals surface area contributed by atoms with E-state index < -0.39 is 27.9 Å². The van der Waals surface area contributed by atoms with E-state index in [1.807, 2.05) is 0 Å². The Bertz CT molecular complexity index is 645. The molecule has 0 radical (unpaired) electrons. The first-order valence-corrected chi connectivity index (χ1v) is 7.20. The first-order chi connectivity index (χ1) is 9.44. The van der Waals surface area contributed by atoms with Crippen molar-refractivity contribution in [1.82, 2.24) is 15.0 Å². The maximum absolute atomic E-state index is 12.2. The highest BCUT2D eigenvalue weighted by atomic mass is 32.2. The quantitative estimate of drug-likeness (QED) is 0.299. The maximum atomic E-state index is 12.2. The number of amides is 2. The normalized spacial score (nSPS) is 19.6. The number of anilines is 1. The number of rotatable bonds is 4. The molecule has 0 bridgehead atoms. The van der Waals surface area contributed by atoms with E-state index >= 15 is 0 Å². The van der Waals surface area contributed by atoms with E-state index in [2.05, 4.69) is 20.4 Å². The van der Waals surface area contributed by atoms with Crippen LogP contribution in [0.2, 0.25) is 0 Å². The van der Waals surface area contributed by atoms with E-state index in [1.165, 1.54) is 18.3 Å². The summed E-state index contributed by atoms with van der Waals surface area (Å²) in [6.45, 7) is 0. The van der Waals surface area contributed by atoms with E-state index in [0.717, 1.165) is 0 Å². The van der Waals surface area contributed by atoms with Crippen LogP contribution in [0.1, 0.15) is 12.8 Å². The average molecular weight is 299 g/mol. The van der Waals surface area contributed by atoms with Gasteiger partial charge in [-0.05, 0) is 18.6 Å². The van der Waals surface area contributed by atoms with Gasteiger partial charge in [-0.1, -0.05) is 0 Å². The van der Waals surface area contributed by atoms with Gasteiger partial charge >= 0.3 is 0 Å². The molecule has 9 nitrogen and oxygen atoms in total. The molecule has 0 aromatic carbocycles. The number of nitrogens with two attached hydrogens (primary N) is 1. The Hall–Kier alpha value is -2.04. The summed E-state index contributed by atoms with van der Waals surface area (Å²) < 4.78 is 26.6. The number of aromatic nitrogens is 1. The van der Waals surface area contributed by atoms with Crippen LogP contribution in [0.3, 0.4) is 0 Å². The molecule has 2 amide bonds. The molecule has 0 aliphatic carbocycles. The van der Waals surface area contributed by atoms with Gasteiger partial charge in [0.2, 0.25) is 11.8 Å². The zero-order valence-corrected chi connectivity index (χ0v) is 11.1. The third kappa shape index (κ3) is 2.92. The van der Waals surface area contributed by atoms with Crippen molar-refractivity contribution in [3.05, 3.63) is 18.3 Å². The van der Waals surface area contributed by atoms with Crippen molar-refractivity contribution in [2.75, 3.05) is 5.43 Å². The van der Waals surface area contributed by atoms with Gasteiger partial charge in [-0.2, -0.15) is 4.72 Å². The zero-order valence-electron chi connectivity index (χ0n) is 10.3. The number of pyridine rings is 1. The Morgan fingerprint density at radius 2 is 2.15 bits per heavy atom. The topological polar surface area (TPSA) is 143 Å². The van der Waals surface area contributed by atoms with Crippen molar-refractivity contribution < 1.29 is 18.0 Å². The highest BCUT2D eigenvalue weighted by Crippen LogP contribution is 2.18. The maximum Gasteiger partial charge on any atom is 0.260 e.